The van der Waals surface area contributed by atoms with Crippen LogP contribution in [-0.4, -0.2) is 31.7 Å². The molecule has 0 amide bonds. The number of hydrogen-bond acceptors (Lipinski definition) is 7. The Labute approximate surface area is 148 Å². The van der Waals surface area contributed by atoms with Crippen molar-refractivity contribution in [2.24, 2.45) is 0 Å². The van der Waals surface area contributed by atoms with Crippen molar-refractivity contribution < 1.29 is 24.3 Å². The van der Waals surface area contributed by atoms with Gasteiger partial charge in [-0.05, 0) is 23.8 Å². The summed E-state index contributed by atoms with van der Waals surface area (Å²) in [6.45, 7) is -0.373. The Morgan fingerprint density at radius 3 is 2.44 bits per heavy atom. The average Bonchev–Trinajstić information content (AvgIpc) is 2.60. The Kier molecular flexibility index (Phi) is 6.24. The molecule has 0 aliphatic rings. The molecule has 8 heteroatoms. The fourth-order valence-electron chi connectivity index (χ4n) is 2.29. The largest absolute Gasteiger partial charge is 0.545 e. The molecule has 2 aromatic carbocycles. The maximum absolute atomic E-state index is 11.3. The molecule has 25 heavy (non-hydrogen) atoms. The molecular weight excluding hydrogens is 346 g/mol. The van der Waals surface area contributed by atoms with Crippen LogP contribution in [0, 0.1) is 10.1 Å². The molecule has 0 fully saturated rings. The normalized spacial score (nSPS) is 11.6. The van der Waals surface area contributed by atoms with Gasteiger partial charge < -0.3 is 19.4 Å². The number of ether oxygens (including phenoxy) is 2. The number of methoxy groups -OCH3 is 2. The minimum absolute atomic E-state index is 0.00123. The smallest absolute Gasteiger partial charge is 0.220 e. The summed E-state index contributed by atoms with van der Waals surface area (Å²) in [6, 6.07) is 11.3. The second-order valence-electron chi connectivity index (χ2n) is 5.02. The summed E-state index contributed by atoms with van der Waals surface area (Å²) in [5.74, 6) is -0.372. The summed E-state index contributed by atoms with van der Waals surface area (Å²) < 4.78 is 10.4. The molecule has 0 heterocycles. The first-order valence-electron chi connectivity index (χ1n) is 7.27. The van der Waals surface area contributed by atoms with Crippen LogP contribution in [0.3, 0.4) is 0 Å². The number of carboxylic acids is 1. The highest BCUT2D eigenvalue weighted by Crippen LogP contribution is 2.40. The number of nitro groups is 1. The second kappa shape index (κ2) is 8.39. The highest BCUT2D eigenvalue weighted by Gasteiger charge is 2.22. The molecule has 7 nitrogen and oxygen atoms in total. The monoisotopic (exact) mass is 362 g/mol. The van der Waals surface area contributed by atoms with Gasteiger partial charge in [0.2, 0.25) is 6.54 Å². The summed E-state index contributed by atoms with van der Waals surface area (Å²) in [5, 5.41) is 21.7. The van der Waals surface area contributed by atoms with Crippen molar-refractivity contribution in [1.82, 2.24) is 0 Å². The Bertz CT molecular complexity index is 779. The standard InChI is InChI=1S/C17H17NO6S/c1-23-13-8-7-11(9-14(13)24-2)16(10-18(21)22)25-15-6-4-3-5-12(15)17(19)20/h3-9,16H,10H2,1-2H3,(H,19,20)/p-1/t16-/m1/s1. The third-order valence-electron chi connectivity index (χ3n) is 3.47. The van der Waals surface area contributed by atoms with Crippen LogP contribution in [0.4, 0.5) is 0 Å². The van der Waals surface area contributed by atoms with Gasteiger partial charge in [0.25, 0.3) is 0 Å². The third-order valence-corrected chi connectivity index (χ3v) is 4.79. The van der Waals surface area contributed by atoms with Crippen LogP contribution in [0.1, 0.15) is 21.2 Å². The van der Waals surface area contributed by atoms with Crippen LogP contribution in [0.5, 0.6) is 11.5 Å². The molecule has 0 radical (unpaired) electrons. The number of thioether (sulfide) groups is 1. The molecule has 0 unspecified atom stereocenters. The van der Waals surface area contributed by atoms with Crippen LogP contribution in [0.25, 0.3) is 0 Å². The van der Waals surface area contributed by atoms with E-state index in [1.807, 2.05) is 0 Å². The van der Waals surface area contributed by atoms with Crippen LogP contribution < -0.4 is 14.6 Å². The Balaban J connectivity index is 2.41. The van der Waals surface area contributed by atoms with Gasteiger partial charge in [0, 0.05) is 15.4 Å². The van der Waals surface area contributed by atoms with Crippen molar-refractivity contribution in [3.8, 4) is 11.5 Å². The van der Waals surface area contributed by atoms with E-state index in [9.17, 15) is 20.0 Å². The average molecular weight is 362 g/mol. The maximum atomic E-state index is 11.3. The molecule has 2 aromatic rings. The molecular formula is C17H16NO6S-. The molecule has 0 bridgehead atoms. The van der Waals surface area contributed by atoms with E-state index in [0.717, 1.165) is 11.8 Å². The lowest BCUT2D eigenvalue weighted by atomic mass is 10.1. The van der Waals surface area contributed by atoms with Gasteiger partial charge >= 0.3 is 0 Å². The summed E-state index contributed by atoms with van der Waals surface area (Å²) in [7, 11) is 2.97. The first kappa shape index (κ1) is 18.6. The van der Waals surface area contributed by atoms with Crippen molar-refractivity contribution in [3.05, 3.63) is 63.7 Å². The molecule has 0 aliphatic heterocycles. The van der Waals surface area contributed by atoms with E-state index < -0.39 is 16.1 Å². The summed E-state index contributed by atoms with van der Waals surface area (Å²) in [4.78, 5) is 22.3. The number of hydrogen-bond donors (Lipinski definition) is 0. The van der Waals surface area contributed by atoms with E-state index in [2.05, 4.69) is 0 Å². The van der Waals surface area contributed by atoms with E-state index in [0.29, 0.717) is 22.0 Å². The lowest BCUT2D eigenvalue weighted by molar-refractivity contribution is -0.479. The Morgan fingerprint density at radius 1 is 1.16 bits per heavy atom. The van der Waals surface area contributed by atoms with Crippen LogP contribution in [0.15, 0.2) is 47.4 Å². The molecule has 1 atom stereocenters. The van der Waals surface area contributed by atoms with Crippen molar-refractivity contribution in [2.45, 2.75) is 10.1 Å². The van der Waals surface area contributed by atoms with Gasteiger partial charge in [-0.3, -0.25) is 10.1 Å². The number of nitrogens with zero attached hydrogens (tertiary/aromatic N) is 1. The summed E-state index contributed by atoms with van der Waals surface area (Å²) in [5.41, 5.74) is 0.633. The predicted octanol–water partition coefficient (Wildman–Crippen LogP) is 2.18. The number of rotatable bonds is 8. The van der Waals surface area contributed by atoms with Gasteiger partial charge in [0.05, 0.1) is 25.4 Å². The molecule has 0 saturated heterocycles. The minimum atomic E-state index is -1.32. The number of carboxylic acid groups (broad SMARTS) is 1. The molecule has 0 N–H and O–H groups in total. The minimum Gasteiger partial charge on any atom is -0.545 e. The third kappa shape index (κ3) is 4.63. The van der Waals surface area contributed by atoms with Crippen molar-refractivity contribution in [3.63, 3.8) is 0 Å². The van der Waals surface area contributed by atoms with E-state index in [1.165, 1.54) is 20.3 Å². The lowest BCUT2D eigenvalue weighted by Gasteiger charge is -2.17. The summed E-state index contributed by atoms with van der Waals surface area (Å²) >= 11 is 1.10. The number of carbonyl (C=O) groups is 1. The zero-order valence-corrected chi connectivity index (χ0v) is 14.4. The topological polar surface area (TPSA) is 102 Å². The highest BCUT2D eigenvalue weighted by atomic mass is 32.2. The molecule has 0 spiro atoms. The summed E-state index contributed by atoms with van der Waals surface area (Å²) in [6.07, 6.45) is 0. The molecule has 0 aliphatic carbocycles. The van der Waals surface area contributed by atoms with Crippen LogP contribution in [-0.2, 0) is 0 Å². The van der Waals surface area contributed by atoms with Crippen LogP contribution in [0.2, 0.25) is 0 Å². The van der Waals surface area contributed by atoms with Crippen molar-refractivity contribution in [2.75, 3.05) is 20.8 Å². The second-order valence-corrected chi connectivity index (χ2v) is 6.26. The van der Waals surface area contributed by atoms with Gasteiger partial charge in [0.15, 0.2) is 11.5 Å². The zero-order chi connectivity index (χ0) is 18.4. The number of aromatic carboxylic acids is 1. The maximum Gasteiger partial charge on any atom is 0.220 e. The van der Waals surface area contributed by atoms with E-state index in [-0.39, 0.29) is 12.1 Å². The molecule has 0 aromatic heterocycles. The molecule has 0 saturated carbocycles. The number of carbonyl (C=O) groups excluding carboxylic acids is 1. The first-order chi connectivity index (χ1) is 12.0. The fourth-order valence-corrected chi connectivity index (χ4v) is 3.51. The Morgan fingerprint density at radius 2 is 1.84 bits per heavy atom. The van der Waals surface area contributed by atoms with Gasteiger partial charge in [-0.2, -0.15) is 0 Å². The zero-order valence-electron chi connectivity index (χ0n) is 13.6. The van der Waals surface area contributed by atoms with E-state index in [1.54, 1.807) is 36.4 Å². The van der Waals surface area contributed by atoms with Crippen LogP contribution >= 0.6 is 11.8 Å². The van der Waals surface area contributed by atoms with E-state index in [4.69, 9.17) is 9.47 Å². The van der Waals surface area contributed by atoms with Crippen molar-refractivity contribution in [1.29, 1.82) is 0 Å². The quantitative estimate of drug-likeness (QED) is 0.403. The van der Waals surface area contributed by atoms with Gasteiger partial charge in [-0.25, -0.2) is 0 Å². The Hall–Kier alpha value is -2.74. The fraction of sp³-hybridized carbons (Fsp3) is 0.235. The van der Waals surface area contributed by atoms with Gasteiger partial charge in [0.1, 0.15) is 0 Å². The molecule has 2 rings (SSSR count). The van der Waals surface area contributed by atoms with Gasteiger partial charge in [-0.1, -0.05) is 24.3 Å². The molecule has 132 valence electrons. The first-order valence-corrected chi connectivity index (χ1v) is 8.15. The van der Waals surface area contributed by atoms with Crippen molar-refractivity contribution >= 4 is 17.7 Å². The van der Waals surface area contributed by atoms with Gasteiger partial charge in [-0.15, -0.1) is 11.8 Å². The SMILES string of the molecule is COc1ccc([C@@H](C[N+](=O)[O-])Sc2ccccc2C(=O)[O-])cc1OC. The predicted molar refractivity (Wildman–Crippen MR) is 90.8 cm³/mol. The number of benzene rings is 2. The highest BCUT2D eigenvalue weighted by molar-refractivity contribution is 7.99. The van der Waals surface area contributed by atoms with E-state index >= 15 is 0 Å². The lowest BCUT2D eigenvalue weighted by Crippen LogP contribution is -2.23.